The maximum Gasteiger partial charge on any atom is 0.241 e. The van der Waals surface area contributed by atoms with Gasteiger partial charge in [-0.3, -0.25) is 0 Å². The molecule has 3 spiro atoms. The van der Waals surface area contributed by atoms with E-state index in [4.69, 9.17) is 14.5 Å². The minimum Gasteiger partial charge on any atom is -0.377 e. The molecule has 6 aliphatic rings. The van der Waals surface area contributed by atoms with E-state index < -0.39 is 27.1 Å². The fourth-order valence-electron chi connectivity index (χ4n) is 9.64. The van der Waals surface area contributed by atoms with E-state index in [9.17, 15) is 8.42 Å². The standard InChI is InChI=1S/C29H36N2O5S/c1-31(2)24-10-6-9-23-22(24)8-7-11-25(23)37(32,33)30-27-17-19-14-20-15-26(19,27)16-21(18-27)29(20)34-28(35-36-29)12-4-3-5-13-28/h6-11,19-21,30H,3-5,12-18H2,1-2H3. The topological polar surface area (TPSA) is 77.1 Å². The number of rotatable bonds is 4. The number of fused-ring (bicyclic) bond motifs is 5. The van der Waals surface area contributed by atoms with Gasteiger partial charge in [0, 0.05) is 60.8 Å². The summed E-state index contributed by atoms with van der Waals surface area (Å²) in [6.45, 7) is 0. The SMILES string of the molecule is CN(C)c1cccc2c(S(=O)(=O)NC34CC5CC36CC(CC6C4)C53OOC4(CCCCC4)O3)cccc12. The molecule has 2 aromatic carbocycles. The van der Waals surface area contributed by atoms with Crippen LogP contribution in [0.5, 0.6) is 0 Å². The Hall–Kier alpha value is -1.71. The molecule has 6 fully saturated rings. The second-order valence-electron chi connectivity index (χ2n) is 13.0. The molecule has 3 bridgehead atoms. The summed E-state index contributed by atoms with van der Waals surface area (Å²) in [6.07, 6.45) is 9.81. The van der Waals surface area contributed by atoms with Crippen LogP contribution in [0.4, 0.5) is 5.69 Å². The lowest BCUT2D eigenvalue weighted by Gasteiger charge is -2.58. The quantitative estimate of drug-likeness (QED) is 0.561. The van der Waals surface area contributed by atoms with E-state index in [-0.39, 0.29) is 17.3 Å². The van der Waals surface area contributed by atoms with Crippen molar-refractivity contribution < 1.29 is 22.9 Å². The van der Waals surface area contributed by atoms with Crippen molar-refractivity contribution in [3.05, 3.63) is 36.4 Å². The average Bonchev–Trinajstić information content (AvgIpc) is 3.44. The third kappa shape index (κ3) is 2.84. The van der Waals surface area contributed by atoms with Crippen molar-refractivity contribution in [1.29, 1.82) is 0 Å². The Bertz CT molecular complexity index is 1400. The minimum atomic E-state index is -3.75. The summed E-state index contributed by atoms with van der Waals surface area (Å²) in [4.78, 5) is 14.7. The van der Waals surface area contributed by atoms with Gasteiger partial charge in [-0.25, -0.2) is 13.1 Å². The molecule has 5 saturated carbocycles. The molecule has 7 nitrogen and oxygen atoms in total. The third-order valence-corrected chi connectivity index (χ3v) is 12.7. The predicted octanol–water partition coefficient (Wildman–Crippen LogP) is 5.10. The molecule has 0 aromatic heterocycles. The van der Waals surface area contributed by atoms with Crippen LogP contribution >= 0.6 is 0 Å². The number of hydrogen-bond donors (Lipinski definition) is 1. The monoisotopic (exact) mass is 524 g/mol. The molecule has 0 amide bonds. The van der Waals surface area contributed by atoms with E-state index in [1.54, 1.807) is 6.07 Å². The fourth-order valence-corrected chi connectivity index (χ4v) is 11.4. The van der Waals surface area contributed by atoms with Crippen LogP contribution in [0.1, 0.15) is 64.2 Å². The summed E-state index contributed by atoms with van der Waals surface area (Å²) >= 11 is 0. The smallest absolute Gasteiger partial charge is 0.241 e. The number of benzene rings is 2. The van der Waals surface area contributed by atoms with E-state index in [2.05, 4.69) is 4.72 Å². The highest BCUT2D eigenvalue weighted by Gasteiger charge is 2.82. The summed E-state index contributed by atoms with van der Waals surface area (Å²) in [5.74, 6) is -0.383. The third-order valence-electron chi connectivity index (χ3n) is 11.1. The van der Waals surface area contributed by atoms with Crippen molar-refractivity contribution >= 4 is 26.5 Å². The number of ether oxygens (including phenoxy) is 1. The molecule has 8 rings (SSSR count). The first-order valence-corrected chi connectivity index (χ1v) is 15.5. The maximum absolute atomic E-state index is 14.1. The minimum absolute atomic E-state index is 0.00900. The highest BCUT2D eigenvalue weighted by atomic mass is 32.2. The molecule has 37 heavy (non-hydrogen) atoms. The largest absolute Gasteiger partial charge is 0.377 e. The fraction of sp³-hybridized carbons (Fsp3) is 0.655. The molecule has 1 N–H and O–H groups in total. The Morgan fingerprint density at radius 3 is 2.41 bits per heavy atom. The number of hydrogen-bond acceptors (Lipinski definition) is 6. The van der Waals surface area contributed by atoms with Gasteiger partial charge in [0.05, 0.1) is 4.90 Å². The van der Waals surface area contributed by atoms with Crippen molar-refractivity contribution in [2.75, 3.05) is 19.0 Å². The van der Waals surface area contributed by atoms with Gasteiger partial charge >= 0.3 is 0 Å². The van der Waals surface area contributed by atoms with Crippen LogP contribution in [0.25, 0.3) is 10.8 Å². The molecule has 1 heterocycles. The van der Waals surface area contributed by atoms with E-state index >= 15 is 0 Å². The highest BCUT2D eigenvalue weighted by Crippen LogP contribution is 2.80. The summed E-state index contributed by atoms with van der Waals surface area (Å²) < 4.78 is 38.4. The van der Waals surface area contributed by atoms with Crippen LogP contribution in [0.15, 0.2) is 41.3 Å². The zero-order chi connectivity index (χ0) is 25.3. The van der Waals surface area contributed by atoms with Gasteiger partial charge in [0.15, 0.2) is 0 Å². The number of nitrogens with one attached hydrogen (secondary N) is 1. The first-order valence-electron chi connectivity index (χ1n) is 14.0. The molecular formula is C29H36N2O5S. The average molecular weight is 525 g/mol. The van der Waals surface area contributed by atoms with Gasteiger partial charge in [-0.15, -0.1) is 0 Å². The van der Waals surface area contributed by atoms with Crippen LogP contribution in [0.3, 0.4) is 0 Å². The molecule has 6 atom stereocenters. The van der Waals surface area contributed by atoms with E-state index in [1.165, 1.54) is 6.42 Å². The zero-order valence-electron chi connectivity index (χ0n) is 21.7. The summed E-state index contributed by atoms with van der Waals surface area (Å²) in [5, 5.41) is 1.72. The van der Waals surface area contributed by atoms with Crippen LogP contribution in [0.2, 0.25) is 0 Å². The first-order chi connectivity index (χ1) is 17.7. The lowest BCUT2D eigenvalue weighted by molar-refractivity contribution is -0.374. The second kappa shape index (κ2) is 7.27. The first kappa shape index (κ1) is 23.2. The molecule has 0 radical (unpaired) electrons. The molecule has 6 unspecified atom stereocenters. The van der Waals surface area contributed by atoms with Gasteiger partial charge in [-0.1, -0.05) is 30.7 Å². The highest BCUT2D eigenvalue weighted by molar-refractivity contribution is 7.89. The van der Waals surface area contributed by atoms with Gasteiger partial charge in [0.2, 0.25) is 21.6 Å². The number of anilines is 1. The van der Waals surface area contributed by atoms with E-state index in [0.29, 0.717) is 10.8 Å². The van der Waals surface area contributed by atoms with Crippen molar-refractivity contribution in [3.63, 3.8) is 0 Å². The summed E-state index contributed by atoms with van der Waals surface area (Å²) in [5.41, 5.74) is 0.588. The second-order valence-corrected chi connectivity index (χ2v) is 14.6. The molecule has 1 saturated heterocycles. The Labute approximate surface area is 218 Å². The Balaban J connectivity index is 1.15. The molecule has 8 heteroatoms. The summed E-state index contributed by atoms with van der Waals surface area (Å²) in [7, 11) is 0.228. The van der Waals surface area contributed by atoms with Crippen molar-refractivity contribution in [2.45, 2.75) is 86.2 Å². The Morgan fingerprint density at radius 1 is 0.865 bits per heavy atom. The molecule has 2 aromatic rings. The van der Waals surface area contributed by atoms with E-state index in [0.717, 1.165) is 74.2 Å². The molecule has 1 aliphatic heterocycles. The van der Waals surface area contributed by atoms with E-state index in [1.807, 2.05) is 49.3 Å². The number of sulfonamides is 1. The van der Waals surface area contributed by atoms with Crippen LogP contribution in [0, 0.1) is 23.2 Å². The van der Waals surface area contributed by atoms with Gasteiger partial charge in [-0.05, 0) is 68.4 Å². The maximum atomic E-state index is 14.1. The Morgan fingerprint density at radius 2 is 1.59 bits per heavy atom. The van der Waals surface area contributed by atoms with Crippen LogP contribution in [-0.2, 0) is 24.5 Å². The van der Waals surface area contributed by atoms with Gasteiger partial charge in [0.25, 0.3) is 0 Å². The van der Waals surface area contributed by atoms with Gasteiger partial charge < -0.3 is 9.64 Å². The molecular weight excluding hydrogens is 488 g/mol. The van der Waals surface area contributed by atoms with Crippen LogP contribution in [-0.4, -0.2) is 39.6 Å². The molecule has 5 aliphatic carbocycles. The van der Waals surface area contributed by atoms with Crippen molar-refractivity contribution in [3.8, 4) is 0 Å². The predicted molar refractivity (Wildman–Crippen MR) is 139 cm³/mol. The van der Waals surface area contributed by atoms with Crippen molar-refractivity contribution in [2.24, 2.45) is 23.2 Å². The molecule has 198 valence electrons. The normalized spacial score (nSPS) is 41.0. The van der Waals surface area contributed by atoms with Crippen molar-refractivity contribution in [1.82, 2.24) is 4.72 Å². The Kier molecular flexibility index (Phi) is 4.56. The zero-order valence-corrected chi connectivity index (χ0v) is 22.5. The lowest BCUT2D eigenvalue weighted by atomic mass is 9.51. The number of nitrogens with zero attached hydrogens (tertiary/aromatic N) is 1. The lowest BCUT2D eigenvalue weighted by Crippen LogP contribution is -2.67. The van der Waals surface area contributed by atoms with Gasteiger partial charge in [-0.2, -0.15) is 9.78 Å². The summed E-state index contributed by atoms with van der Waals surface area (Å²) in [6, 6.07) is 11.5. The van der Waals surface area contributed by atoms with Crippen LogP contribution < -0.4 is 9.62 Å². The van der Waals surface area contributed by atoms with Gasteiger partial charge in [0.1, 0.15) is 0 Å².